The van der Waals surface area contributed by atoms with Crippen LogP contribution >= 0.6 is 0 Å². The third kappa shape index (κ3) is 7.32. The van der Waals surface area contributed by atoms with Crippen molar-refractivity contribution < 1.29 is 17.9 Å². The van der Waals surface area contributed by atoms with E-state index in [0.717, 1.165) is 12.0 Å². The minimum absolute atomic E-state index is 0.0740. The minimum Gasteiger partial charge on any atom is -0.483 e. The van der Waals surface area contributed by atoms with E-state index in [4.69, 9.17) is 4.74 Å². The van der Waals surface area contributed by atoms with Crippen LogP contribution in [0.4, 0.5) is 0 Å². The van der Waals surface area contributed by atoms with Crippen molar-refractivity contribution in [3.63, 3.8) is 0 Å². The van der Waals surface area contributed by atoms with Gasteiger partial charge in [-0.15, -0.1) is 0 Å². The monoisotopic (exact) mass is 404 g/mol. The number of benzene rings is 2. The molecule has 6 nitrogen and oxygen atoms in total. The Kier molecular flexibility index (Phi) is 8.47. The summed E-state index contributed by atoms with van der Waals surface area (Å²) in [7, 11) is -3.20. The maximum absolute atomic E-state index is 12.0. The van der Waals surface area contributed by atoms with Gasteiger partial charge in [-0.2, -0.15) is 0 Å². The van der Waals surface area contributed by atoms with Gasteiger partial charge in [-0.05, 0) is 23.6 Å². The molecule has 0 aliphatic carbocycles. The van der Waals surface area contributed by atoms with E-state index in [1.54, 1.807) is 6.92 Å². The molecule has 0 unspecified atom stereocenters. The lowest BCUT2D eigenvalue weighted by atomic mass is 10.0. The summed E-state index contributed by atoms with van der Waals surface area (Å²) in [5.74, 6) is 0.465. The fourth-order valence-electron chi connectivity index (χ4n) is 2.84. The topological polar surface area (TPSA) is 75.7 Å². The quantitative estimate of drug-likeness (QED) is 0.584. The van der Waals surface area contributed by atoms with Crippen LogP contribution in [0.2, 0.25) is 0 Å². The van der Waals surface area contributed by atoms with Gasteiger partial charge in [-0.1, -0.05) is 55.5 Å². The van der Waals surface area contributed by atoms with E-state index in [9.17, 15) is 13.2 Å². The molecule has 0 bridgehead atoms. The zero-order valence-corrected chi connectivity index (χ0v) is 17.2. The lowest BCUT2D eigenvalue weighted by Gasteiger charge is -2.17. The maximum Gasteiger partial charge on any atom is 0.257 e. The molecule has 0 aliphatic rings. The van der Waals surface area contributed by atoms with Gasteiger partial charge < -0.3 is 10.1 Å². The molecule has 2 rings (SSSR count). The number of rotatable bonds is 11. The number of hydrogen-bond acceptors (Lipinski definition) is 4. The van der Waals surface area contributed by atoms with Crippen LogP contribution in [0.5, 0.6) is 5.75 Å². The number of amides is 1. The molecule has 2 aromatic carbocycles. The molecule has 0 aliphatic heterocycles. The molecule has 2 aromatic rings. The number of carbonyl (C=O) groups is 1. The smallest absolute Gasteiger partial charge is 0.257 e. The standard InChI is InChI=1S/C21H28N2O4S/c1-3-23(28(2,25)26)15-9-14-22-21(24)17-27-20-13-8-7-12-19(20)16-18-10-5-4-6-11-18/h4-8,10-13H,3,9,14-17H2,1-2H3,(H,22,24). The summed E-state index contributed by atoms with van der Waals surface area (Å²) in [4.78, 5) is 12.0. The van der Waals surface area contributed by atoms with Crippen LogP contribution in [0, 0.1) is 0 Å². The largest absolute Gasteiger partial charge is 0.483 e. The molecule has 0 fully saturated rings. The molecule has 152 valence electrons. The van der Waals surface area contributed by atoms with Gasteiger partial charge in [0.2, 0.25) is 10.0 Å². The van der Waals surface area contributed by atoms with E-state index in [2.05, 4.69) is 17.4 Å². The Labute approximate surface area is 167 Å². The minimum atomic E-state index is -3.20. The molecule has 0 aromatic heterocycles. The first-order valence-electron chi connectivity index (χ1n) is 9.36. The number of nitrogens with zero attached hydrogens (tertiary/aromatic N) is 1. The second-order valence-electron chi connectivity index (χ2n) is 6.52. The van der Waals surface area contributed by atoms with E-state index in [0.29, 0.717) is 31.8 Å². The van der Waals surface area contributed by atoms with Crippen LogP contribution in [-0.2, 0) is 21.2 Å². The highest BCUT2D eigenvalue weighted by molar-refractivity contribution is 7.88. The Balaban J connectivity index is 1.78. The van der Waals surface area contributed by atoms with Gasteiger partial charge in [-0.3, -0.25) is 4.79 Å². The molecular weight excluding hydrogens is 376 g/mol. The van der Waals surface area contributed by atoms with Crippen LogP contribution in [0.1, 0.15) is 24.5 Å². The molecule has 28 heavy (non-hydrogen) atoms. The average molecular weight is 405 g/mol. The molecule has 1 N–H and O–H groups in total. The van der Waals surface area contributed by atoms with Crippen molar-refractivity contribution in [2.75, 3.05) is 32.5 Å². The van der Waals surface area contributed by atoms with Crippen molar-refractivity contribution in [3.8, 4) is 5.75 Å². The van der Waals surface area contributed by atoms with Gasteiger partial charge in [0.05, 0.1) is 6.26 Å². The van der Waals surface area contributed by atoms with E-state index >= 15 is 0 Å². The number of sulfonamides is 1. The van der Waals surface area contributed by atoms with Crippen molar-refractivity contribution >= 4 is 15.9 Å². The second kappa shape index (κ2) is 10.8. The Morgan fingerprint density at radius 2 is 1.75 bits per heavy atom. The van der Waals surface area contributed by atoms with Crippen LogP contribution in [0.15, 0.2) is 54.6 Å². The SMILES string of the molecule is CCN(CCCNC(=O)COc1ccccc1Cc1ccccc1)S(C)(=O)=O. The normalized spacial score (nSPS) is 11.4. The van der Waals surface area contributed by atoms with Gasteiger partial charge in [0.1, 0.15) is 5.75 Å². The first-order chi connectivity index (χ1) is 13.4. The van der Waals surface area contributed by atoms with Crippen molar-refractivity contribution in [1.82, 2.24) is 9.62 Å². The van der Waals surface area contributed by atoms with Crippen molar-refractivity contribution in [2.45, 2.75) is 19.8 Å². The first kappa shape index (κ1) is 21.9. The van der Waals surface area contributed by atoms with Crippen molar-refractivity contribution in [2.24, 2.45) is 0 Å². The lowest BCUT2D eigenvalue weighted by molar-refractivity contribution is -0.123. The number of nitrogens with one attached hydrogen (secondary N) is 1. The van der Waals surface area contributed by atoms with Gasteiger partial charge in [0.15, 0.2) is 6.61 Å². The molecule has 0 atom stereocenters. The van der Waals surface area contributed by atoms with Crippen molar-refractivity contribution in [1.29, 1.82) is 0 Å². The summed E-state index contributed by atoms with van der Waals surface area (Å²) in [6.07, 6.45) is 2.48. The van der Waals surface area contributed by atoms with Gasteiger partial charge >= 0.3 is 0 Å². The summed E-state index contributed by atoms with van der Waals surface area (Å²) >= 11 is 0. The predicted molar refractivity (Wildman–Crippen MR) is 111 cm³/mol. The predicted octanol–water partition coefficient (Wildman–Crippen LogP) is 2.44. The average Bonchev–Trinajstić information content (AvgIpc) is 2.67. The van der Waals surface area contributed by atoms with Crippen LogP contribution in [0.3, 0.4) is 0 Å². The van der Waals surface area contributed by atoms with E-state index in [1.165, 1.54) is 16.1 Å². The molecule has 0 saturated carbocycles. The third-order valence-electron chi connectivity index (χ3n) is 4.30. The zero-order valence-electron chi connectivity index (χ0n) is 16.4. The highest BCUT2D eigenvalue weighted by Gasteiger charge is 2.13. The summed E-state index contributed by atoms with van der Waals surface area (Å²) < 4.78 is 30.2. The van der Waals surface area contributed by atoms with Crippen LogP contribution < -0.4 is 10.1 Å². The fraction of sp³-hybridized carbons (Fsp3) is 0.381. The van der Waals surface area contributed by atoms with E-state index in [1.807, 2.05) is 42.5 Å². The summed E-state index contributed by atoms with van der Waals surface area (Å²) in [6.45, 7) is 2.93. The number of ether oxygens (including phenoxy) is 1. The van der Waals surface area contributed by atoms with E-state index in [-0.39, 0.29) is 12.5 Å². The number of hydrogen-bond donors (Lipinski definition) is 1. The molecule has 7 heteroatoms. The summed E-state index contributed by atoms with van der Waals surface area (Å²) in [5.41, 5.74) is 2.20. The molecule has 0 radical (unpaired) electrons. The molecule has 0 saturated heterocycles. The van der Waals surface area contributed by atoms with Crippen molar-refractivity contribution in [3.05, 3.63) is 65.7 Å². The Morgan fingerprint density at radius 3 is 2.43 bits per heavy atom. The van der Waals surface area contributed by atoms with E-state index < -0.39 is 10.0 Å². The number of carbonyl (C=O) groups excluding carboxylic acids is 1. The Hall–Kier alpha value is -2.38. The maximum atomic E-state index is 12.0. The summed E-state index contributed by atoms with van der Waals surface area (Å²) in [6, 6.07) is 17.8. The van der Waals surface area contributed by atoms with Gasteiger partial charge in [0.25, 0.3) is 5.91 Å². The second-order valence-corrected chi connectivity index (χ2v) is 8.50. The molecule has 1 amide bonds. The Bertz CT molecular complexity index is 854. The van der Waals surface area contributed by atoms with Crippen LogP contribution in [-0.4, -0.2) is 51.1 Å². The molecular formula is C21H28N2O4S. The highest BCUT2D eigenvalue weighted by Crippen LogP contribution is 2.21. The zero-order chi connectivity index (χ0) is 20.4. The third-order valence-corrected chi connectivity index (χ3v) is 5.68. The Morgan fingerprint density at radius 1 is 1.07 bits per heavy atom. The molecule has 0 spiro atoms. The fourth-order valence-corrected chi connectivity index (χ4v) is 3.77. The van der Waals surface area contributed by atoms with Gasteiger partial charge in [0, 0.05) is 26.1 Å². The van der Waals surface area contributed by atoms with Gasteiger partial charge in [-0.25, -0.2) is 12.7 Å². The first-order valence-corrected chi connectivity index (χ1v) is 11.2. The lowest BCUT2D eigenvalue weighted by Crippen LogP contribution is -2.34. The van der Waals surface area contributed by atoms with Crippen LogP contribution in [0.25, 0.3) is 0 Å². The molecule has 0 heterocycles. The highest BCUT2D eigenvalue weighted by atomic mass is 32.2. The number of para-hydroxylation sites is 1. The summed E-state index contributed by atoms with van der Waals surface area (Å²) in [5, 5.41) is 2.77.